The summed E-state index contributed by atoms with van der Waals surface area (Å²) in [5, 5.41) is 6.73. The topological polar surface area (TPSA) is 78.5 Å². The summed E-state index contributed by atoms with van der Waals surface area (Å²) in [5.74, 6) is -2.34. The highest BCUT2D eigenvalue weighted by Crippen LogP contribution is 2.55. The highest BCUT2D eigenvalue weighted by atomic mass is 35.5. The van der Waals surface area contributed by atoms with Gasteiger partial charge < -0.3 is 5.32 Å². The molecule has 2 fully saturated rings. The van der Waals surface area contributed by atoms with E-state index in [-0.39, 0.29) is 23.8 Å². The lowest BCUT2D eigenvalue weighted by Gasteiger charge is -2.34. The third kappa shape index (κ3) is 2.71. The Morgan fingerprint density at radius 2 is 1.71 bits per heavy atom. The maximum absolute atomic E-state index is 13.7. The highest BCUT2D eigenvalue weighted by Gasteiger charge is 2.71. The van der Waals surface area contributed by atoms with Crippen LogP contribution in [0.1, 0.15) is 31.9 Å². The largest absolute Gasteiger partial charge is 0.323 e. The van der Waals surface area contributed by atoms with E-state index in [1.54, 1.807) is 12.1 Å². The maximum Gasteiger partial charge on any atom is 0.250 e. The van der Waals surface area contributed by atoms with Gasteiger partial charge in [-0.1, -0.05) is 54.1 Å². The van der Waals surface area contributed by atoms with Crippen molar-refractivity contribution in [2.75, 3.05) is 5.32 Å². The molecular formula is C24H24ClN3O3. The van der Waals surface area contributed by atoms with Crippen LogP contribution in [0.15, 0.2) is 48.5 Å². The van der Waals surface area contributed by atoms with Gasteiger partial charge in [-0.3, -0.25) is 24.6 Å². The minimum Gasteiger partial charge on any atom is -0.323 e. The van der Waals surface area contributed by atoms with Crippen molar-refractivity contribution in [2.24, 2.45) is 11.8 Å². The van der Waals surface area contributed by atoms with Crippen molar-refractivity contribution >= 4 is 35.0 Å². The smallest absolute Gasteiger partial charge is 0.250 e. The van der Waals surface area contributed by atoms with Crippen LogP contribution in [0.5, 0.6) is 0 Å². The van der Waals surface area contributed by atoms with Crippen LogP contribution in [0.3, 0.4) is 0 Å². The fourth-order valence-corrected chi connectivity index (χ4v) is 5.72. The number of anilines is 1. The van der Waals surface area contributed by atoms with E-state index < -0.39 is 22.9 Å². The molecule has 2 saturated heterocycles. The number of hydrogen-bond donors (Lipinski definition) is 2. The molecule has 5 rings (SSSR count). The van der Waals surface area contributed by atoms with E-state index in [9.17, 15) is 14.4 Å². The van der Waals surface area contributed by atoms with E-state index >= 15 is 0 Å². The summed E-state index contributed by atoms with van der Waals surface area (Å²) in [4.78, 5) is 42.1. The van der Waals surface area contributed by atoms with Crippen LogP contribution in [0.2, 0.25) is 5.02 Å². The standard InChI is InChI=1S/C24H24ClN3O3/c1-23(2,3)28-20(29)17-16(12-13-8-5-4-6-9-13)27-24(18(17)21(28)30)14-10-7-11-15(25)19(14)26-22(24)31/h4-11,16-18,27H,12H2,1-3H3,(H,26,31)/t16?,17-,18+,24?/m1/s1. The number of benzene rings is 2. The number of rotatable bonds is 2. The van der Waals surface area contributed by atoms with Gasteiger partial charge in [-0.15, -0.1) is 0 Å². The van der Waals surface area contributed by atoms with Crippen LogP contribution in [-0.2, 0) is 26.3 Å². The highest BCUT2D eigenvalue weighted by molar-refractivity contribution is 6.35. The molecule has 3 aliphatic heterocycles. The number of halogens is 1. The predicted molar refractivity (Wildman–Crippen MR) is 117 cm³/mol. The zero-order chi connectivity index (χ0) is 22.1. The molecule has 0 aliphatic carbocycles. The van der Waals surface area contributed by atoms with Gasteiger partial charge in [0.25, 0.3) is 0 Å². The van der Waals surface area contributed by atoms with Crippen LogP contribution in [0, 0.1) is 11.8 Å². The van der Waals surface area contributed by atoms with E-state index in [0.29, 0.717) is 22.7 Å². The van der Waals surface area contributed by atoms with Crippen LogP contribution in [-0.4, -0.2) is 34.2 Å². The lowest BCUT2D eigenvalue weighted by molar-refractivity contribution is -0.147. The van der Waals surface area contributed by atoms with Crippen molar-refractivity contribution in [3.63, 3.8) is 0 Å². The first-order chi connectivity index (χ1) is 14.7. The minimum atomic E-state index is -1.32. The molecule has 6 nitrogen and oxygen atoms in total. The van der Waals surface area contributed by atoms with Gasteiger partial charge in [0.05, 0.1) is 22.5 Å². The summed E-state index contributed by atoms with van der Waals surface area (Å²) < 4.78 is 0. The van der Waals surface area contributed by atoms with Gasteiger partial charge in [0.15, 0.2) is 0 Å². The first kappa shape index (κ1) is 20.2. The van der Waals surface area contributed by atoms with E-state index in [2.05, 4.69) is 10.6 Å². The summed E-state index contributed by atoms with van der Waals surface area (Å²) in [6.45, 7) is 5.53. The second-order valence-corrected chi connectivity index (χ2v) is 9.96. The van der Waals surface area contributed by atoms with Gasteiger partial charge in [0.1, 0.15) is 5.54 Å². The molecule has 0 aromatic heterocycles. The number of nitrogens with zero attached hydrogens (tertiary/aromatic N) is 1. The molecule has 1 spiro atoms. The van der Waals surface area contributed by atoms with Crippen LogP contribution in [0.4, 0.5) is 5.69 Å². The molecule has 160 valence electrons. The monoisotopic (exact) mass is 437 g/mol. The number of nitrogens with one attached hydrogen (secondary N) is 2. The van der Waals surface area contributed by atoms with E-state index in [0.717, 1.165) is 5.56 Å². The minimum absolute atomic E-state index is 0.226. The molecule has 0 saturated carbocycles. The predicted octanol–water partition coefficient (Wildman–Crippen LogP) is 3.10. The molecule has 3 amide bonds. The lowest BCUT2D eigenvalue weighted by Crippen LogP contribution is -2.56. The second-order valence-electron chi connectivity index (χ2n) is 9.55. The van der Waals surface area contributed by atoms with E-state index in [1.165, 1.54) is 4.90 Å². The Balaban J connectivity index is 1.68. The molecule has 2 N–H and O–H groups in total. The SMILES string of the molecule is CC(C)(C)N1C(=O)[C@@H]2C(Cc3ccccc3)NC3(C(=O)Nc4c(Cl)cccc43)[C@@H]2C1=O. The van der Waals surface area contributed by atoms with E-state index in [4.69, 9.17) is 11.6 Å². The quantitative estimate of drug-likeness (QED) is 0.707. The maximum atomic E-state index is 13.7. The number of para-hydroxylation sites is 1. The Morgan fingerprint density at radius 3 is 2.39 bits per heavy atom. The molecule has 4 atom stereocenters. The van der Waals surface area contributed by atoms with Crippen molar-refractivity contribution < 1.29 is 14.4 Å². The number of fused-ring (bicyclic) bond motifs is 4. The first-order valence-electron chi connectivity index (χ1n) is 10.5. The molecule has 2 aromatic carbocycles. The van der Waals surface area contributed by atoms with Crippen LogP contribution < -0.4 is 10.6 Å². The first-order valence-corrected chi connectivity index (χ1v) is 10.8. The molecule has 2 unspecified atom stereocenters. The van der Waals surface area contributed by atoms with Gasteiger partial charge >= 0.3 is 0 Å². The van der Waals surface area contributed by atoms with Crippen molar-refractivity contribution in [1.29, 1.82) is 0 Å². The normalized spacial score (nSPS) is 29.5. The number of carbonyl (C=O) groups excluding carboxylic acids is 3. The fraction of sp³-hybridized carbons (Fsp3) is 0.375. The van der Waals surface area contributed by atoms with Crippen LogP contribution >= 0.6 is 11.6 Å². The molecule has 0 radical (unpaired) electrons. The Kier molecular flexibility index (Phi) is 4.33. The average molecular weight is 438 g/mol. The van der Waals surface area contributed by atoms with Gasteiger partial charge in [-0.2, -0.15) is 0 Å². The summed E-state index contributed by atoms with van der Waals surface area (Å²) in [5.41, 5.74) is 0.179. The Morgan fingerprint density at radius 1 is 1.00 bits per heavy atom. The summed E-state index contributed by atoms with van der Waals surface area (Å²) in [6, 6.07) is 14.7. The summed E-state index contributed by atoms with van der Waals surface area (Å²) in [6.07, 6.45) is 0.532. The zero-order valence-electron chi connectivity index (χ0n) is 17.6. The number of hydrogen-bond acceptors (Lipinski definition) is 4. The number of likely N-dealkylation sites (tertiary alicyclic amines) is 1. The van der Waals surface area contributed by atoms with Crippen molar-refractivity contribution in [3.05, 3.63) is 64.7 Å². The van der Waals surface area contributed by atoms with Gasteiger partial charge in [-0.05, 0) is 38.8 Å². The number of carbonyl (C=O) groups is 3. The molecule has 3 heterocycles. The third-order valence-corrected chi connectivity index (χ3v) is 6.98. The fourth-order valence-electron chi connectivity index (χ4n) is 5.50. The molecule has 31 heavy (non-hydrogen) atoms. The lowest BCUT2D eigenvalue weighted by atomic mass is 9.76. The van der Waals surface area contributed by atoms with E-state index in [1.807, 2.05) is 57.2 Å². The van der Waals surface area contributed by atoms with Gasteiger partial charge in [-0.25, -0.2) is 0 Å². The second kappa shape index (κ2) is 6.65. The van der Waals surface area contributed by atoms with Crippen molar-refractivity contribution in [3.8, 4) is 0 Å². The molecular weight excluding hydrogens is 414 g/mol. The number of amides is 3. The summed E-state index contributed by atoms with van der Waals surface area (Å²) >= 11 is 6.37. The van der Waals surface area contributed by atoms with Gasteiger partial charge in [0, 0.05) is 17.1 Å². The average Bonchev–Trinajstić information content (AvgIpc) is 3.28. The molecule has 7 heteroatoms. The Hall–Kier alpha value is -2.70. The molecule has 2 aromatic rings. The number of imide groups is 1. The molecule has 3 aliphatic rings. The van der Waals surface area contributed by atoms with Crippen LogP contribution in [0.25, 0.3) is 0 Å². The molecule has 0 bridgehead atoms. The van der Waals surface area contributed by atoms with Crippen molar-refractivity contribution in [1.82, 2.24) is 10.2 Å². The Labute approximate surface area is 185 Å². The Bertz CT molecular complexity index is 1110. The van der Waals surface area contributed by atoms with Crippen molar-refractivity contribution in [2.45, 2.75) is 44.3 Å². The van der Waals surface area contributed by atoms with Gasteiger partial charge in [0.2, 0.25) is 17.7 Å². The third-order valence-electron chi connectivity index (χ3n) is 6.67. The summed E-state index contributed by atoms with van der Waals surface area (Å²) in [7, 11) is 0. The zero-order valence-corrected chi connectivity index (χ0v) is 18.4.